The first-order chi connectivity index (χ1) is 11.8. The van der Waals surface area contributed by atoms with Gasteiger partial charge in [0.1, 0.15) is 23.8 Å². The molecule has 4 aromatic rings. The van der Waals surface area contributed by atoms with E-state index in [0.717, 1.165) is 22.5 Å². The van der Waals surface area contributed by atoms with Crippen molar-refractivity contribution in [1.29, 1.82) is 5.26 Å². The van der Waals surface area contributed by atoms with Crippen LogP contribution in [0.3, 0.4) is 0 Å². The molecular formula is C19H13N3O2. The molecule has 0 saturated heterocycles. The minimum Gasteiger partial charge on any atom is -0.459 e. The van der Waals surface area contributed by atoms with Gasteiger partial charge >= 0.3 is 0 Å². The number of aliphatic hydroxyl groups excluding tert-OH is 1. The SMILES string of the molecule is N#Cc1cccc(-c2cn3cc(-c4ccc(CO)o4)ccc3n2)c1. The summed E-state index contributed by atoms with van der Waals surface area (Å²) in [6.07, 6.45) is 3.85. The molecule has 0 bridgehead atoms. The summed E-state index contributed by atoms with van der Waals surface area (Å²) in [4.78, 5) is 4.60. The molecule has 5 heteroatoms. The van der Waals surface area contributed by atoms with E-state index in [1.165, 1.54) is 0 Å². The smallest absolute Gasteiger partial charge is 0.137 e. The van der Waals surface area contributed by atoms with Gasteiger partial charge in [0.25, 0.3) is 0 Å². The Morgan fingerprint density at radius 3 is 2.79 bits per heavy atom. The number of fused-ring (bicyclic) bond motifs is 1. The van der Waals surface area contributed by atoms with Gasteiger partial charge in [-0.2, -0.15) is 5.26 Å². The van der Waals surface area contributed by atoms with Crippen LogP contribution in [0, 0.1) is 11.3 Å². The normalized spacial score (nSPS) is 10.8. The zero-order valence-electron chi connectivity index (χ0n) is 12.7. The molecule has 0 atom stereocenters. The lowest BCUT2D eigenvalue weighted by atomic mass is 10.1. The van der Waals surface area contributed by atoms with Crippen LogP contribution in [0.5, 0.6) is 0 Å². The third-order valence-electron chi connectivity index (χ3n) is 3.84. The van der Waals surface area contributed by atoms with Gasteiger partial charge in [-0.1, -0.05) is 12.1 Å². The van der Waals surface area contributed by atoms with Crippen LogP contribution in [0.15, 0.2) is 65.3 Å². The summed E-state index contributed by atoms with van der Waals surface area (Å²) >= 11 is 0. The lowest BCUT2D eigenvalue weighted by Crippen LogP contribution is -1.84. The number of imidazole rings is 1. The fourth-order valence-corrected chi connectivity index (χ4v) is 2.64. The Bertz CT molecular complexity index is 1070. The lowest BCUT2D eigenvalue weighted by molar-refractivity contribution is 0.248. The zero-order valence-corrected chi connectivity index (χ0v) is 12.7. The third kappa shape index (κ3) is 2.45. The van der Waals surface area contributed by atoms with E-state index in [4.69, 9.17) is 14.8 Å². The van der Waals surface area contributed by atoms with Gasteiger partial charge in [0, 0.05) is 23.5 Å². The van der Waals surface area contributed by atoms with Crippen LogP contribution < -0.4 is 0 Å². The molecule has 4 rings (SSSR count). The van der Waals surface area contributed by atoms with E-state index in [1.54, 1.807) is 12.1 Å². The summed E-state index contributed by atoms with van der Waals surface area (Å²) in [6.45, 7) is -0.118. The van der Waals surface area contributed by atoms with Gasteiger partial charge < -0.3 is 13.9 Å². The largest absolute Gasteiger partial charge is 0.459 e. The van der Waals surface area contributed by atoms with Gasteiger partial charge in [-0.25, -0.2) is 4.98 Å². The molecule has 0 aliphatic heterocycles. The van der Waals surface area contributed by atoms with E-state index in [-0.39, 0.29) is 6.61 Å². The minimum atomic E-state index is -0.118. The van der Waals surface area contributed by atoms with Gasteiger partial charge in [0.15, 0.2) is 0 Å². The summed E-state index contributed by atoms with van der Waals surface area (Å²) in [7, 11) is 0. The highest BCUT2D eigenvalue weighted by atomic mass is 16.4. The third-order valence-corrected chi connectivity index (χ3v) is 3.84. The molecule has 0 aliphatic carbocycles. The molecule has 0 spiro atoms. The Hall–Kier alpha value is -3.36. The van der Waals surface area contributed by atoms with Crippen molar-refractivity contribution in [3.05, 3.63) is 72.2 Å². The van der Waals surface area contributed by atoms with Gasteiger partial charge in [0.2, 0.25) is 0 Å². The first kappa shape index (κ1) is 14.2. The van der Waals surface area contributed by atoms with Gasteiger partial charge in [0.05, 0.1) is 17.3 Å². The highest BCUT2D eigenvalue weighted by molar-refractivity contribution is 5.66. The van der Waals surface area contributed by atoms with Crippen LogP contribution in [0.4, 0.5) is 0 Å². The molecule has 0 radical (unpaired) electrons. The van der Waals surface area contributed by atoms with Crippen molar-refractivity contribution in [2.45, 2.75) is 6.61 Å². The van der Waals surface area contributed by atoms with E-state index >= 15 is 0 Å². The van der Waals surface area contributed by atoms with Crippen LogP contribution in [0.2, 0.25) is 0 Å². The van der Waals surface area contributed by atoms with Crippen LogP contribution in [-0.4, -0.2) is 14.5 Å². The summed E-state index contributed by atoms with van der Waals surface area (Å²) in [5.74, 6) is 1.23. The van der Waals surface area contributed by atoms with E-state index in [2.05, 4.69) is 11.1 Å². The second-order valence-corrected chi connectivity index (χ2v) is 5.43. The van der Waals surface area contributed by atoms with E-state index in [0.29, 0.717) is 17.1 Å². The van der Waals surface area contributed by atoms with Crippen LogP contribution in [0.25, 0.3) is 28.2 Å². The van der Waals surface area contributed by atoms with Gasteiger partial charge in [-0.15, -0.1) is 0 Å². The summed E-state index contributed by atoms with van der Waals surface area (Å²) in [5, 5.41) is 18.1. The predicted octanol–water partition coefficient (Wildman–Crippen LogP) is 3.63. The van der Waals surface area contributed by atoms with Crippen molar-refractivity contribution in [2.24, 2.45) is 0 Å². The quantitative estimate of drug-likeness (QED) is 0.626. The Kier molecular flexibility index (Phi) is 3.38. The second-order valence-electron chi connectivity index (χ2n) is 5.43. The molecule has 3 heterocycles. The Labute approximate surface area is 138 Å². The number of furan rings is 1. The Morgan fingerprint density at radius 2 is 2.00 bits per heavy atom. The molecular weight excluding hydrogens is 302 g/mol. The molecule has 1 N–H and O–H groups in total. The molecule has 24 heavy (non-hydrogen) atoms. The molecule has 116 valence electrons. The zero-order chi connectivity index (χ0) is 16.5. The van der Waals surface area contributed by atoms with Gasteiger partial charge in [-0.3, -0.25) is 0 Å². The summed E-state index contributed by atoms with van der Waals surface area (Å²) in [5.41, 5.74) is 4.03. The number of hydrogen-bond donors (Lipinski definition) is 1. The molecule has 3 aromatic heterocycles. The van der Waals surface area contributed by atoms with Crippen molar-refractivity contribution in [2.75, 3.05) is 0 Å². The summed E-state index contributed by atoms with van der Waals surface area (Å²) < 4.78 is 7.49. The van der Waals surface area contributed by atoms with Gasteiger partial charge in [-0.05, 0) is 36.4 Å². The topological polar surface area (TPSA) is 74.5 Å². The molecule has 5 nitrogen and oxygen atoms in total. The number of rotatable bonds is 3. The monoisotopic (exact) mass is 315 g/mol. The average molecular weight is 315 g/mol. The maximum absolute atomic E-state index is 9.11. The van der Waals surface area contributed by atoms with Crippen molar-refractivity contribution < 1.29 is 9.52 Å². The average Bonchev–Trinajstić information content (AvgIpc) is 3.27. The van der Waals surface area contributed by atoms with Crippen molar-refractivity contribution in [1.82, 2.24) is 9.38 Å². The number of benzene rings is 1. The number of aromatic nitrogens is 2. The van der Waals surface area contributed by atoms with Crippen LogP contribution >= 0.6 is 0 Å². The maximum atomic E-state index is 9.11. The fraction of sp³-hybridized carbons (Fsp3) is 0.0526. The number of hydrogen-bond acceptors (Lipinski definition) is 4. The predicted molar refractivity (Wildman–Crippen MR) is 89.0 cm³/mol. The Balaban J connectivity index is 1.77. The first-order valence-corrected chi connectivity index (χ1v) is 7.46. The standard InChI is InChI=1S/C19H13N3O2/c20-9-13-2-1-3-14(8-13)17-11-22-10-15(4-7-19(22)21-17)18-6-5-16(12-23)24-18/h1-8,10-11,23H,12H2. The van der Waals surface area contributed by atoms with Crippen LogP contribution in [0.1, 0.15) is 11.3 Å². The number of pyridine rings is 1. The van der Waals surface area contributed by atoms with Crippen molar-refractivity contribution >= 4 is 5.65 Å². The molecule has 0 fully saturated rings. The van der Waals surface area contributed by atoms with Crippen LogP contribution in [-0.2, 0) is 6.61 Å². The molecule has 0 amide bonds. The number of aliphatic hydroxyl groups is 1. The Morgan fingerprint density at radius 1 is 1.08 bits per heavy atom. The lowest BCUT2D eigenvalue weighted by Gasteiger charge is -1.98. The second kappa shape index (κ2) is 5.69. The molecule has 0 aliphatic rings. The highest BCUT2D eigenvalue weighted by Gasteiger charge is 2.09. The van der Waals surface area contributed by atoms with Crippen molar-refractivity contribution in [3.63, 3.8) is 0 Å². The molecule has 0 saturated carbocycles. The summed E-state index contributed by atoms with van der Waals surface area (Å²) in [6, 6.07) is 16.9. The molecule has 1 aromatic carbocycles. The van der Waals surface area contributed by atoms with E-state index < -0.39 is 0 Å². The minimum absolute atomic E-state index is 0.118. The van der Waals surface area contributed by atoms with E-state index in [1.807, 2.05) is 53.2 Å². The van der Waals surface area contributed by atoms with E-state index in [9.17, 15) is 0 Å². The fourth-order valence-electron chi connectivity index (χ4n) is 2.64. The maximum Gasteiger partial charge on any atom is 0.137 e. The van der Waals surface area contributed by atoms with Crippen molar-refractivity contribution in [3.8, 4) is 28.7 Å². The number of nitriles is 1. The molecule has 0 unspecified atom stereocenters. The highest BCUT2D eigenvalue weighted by Crippen LogP contribution is 2.25. The number of nitrogens with zero attached hydrogens (tertiary/aromatic N) is 3. The first-order valence-electron chi connectivity index (χ1n) is 7.46.